The molecule has 2 atom stereocenters. The zero-order chi connectivity index (χ0) is 14.8. The maximum Gasteiger partial charge on any atom is 0.126 e. The quantitative estimate of drug-likeness (QED) is 0.756. The minimum absolute atomic E-state index is 0.0456. The highest BCUT2D eigenvalue weighted by Gasteiger charge is 2.40. The second-order valence-electron chi connectivity index (χ2n) is 6.94. The van der Waals surface area contributed by atoms with Crippen LogP contribution in [0.3, 0.4) is 0 Å². The third-order valence-corrected chi connectivity index (χ3v) is 6.69. The lowest BCUT2D eigenvalue weighted by Gasteiger charge is -2.37. The van der Waals surface area contributed by atoms with Gasteiger partial charge in [0.15, 0.2) is 0 Å². The van der Waals surface area contributed by atoms with Crippen molar-refractivity contribution in [1.29, 1.82) is 0 Å². The standard InChI is InChI=1S/C16H25NOSSi/c1-16(19-2)11-14(12-20(3,4)5)18-17-15(16)13-9-7-6-8-10-13/h6-10,14H,11-12H2,1-5H3/t14-,16+/m1/s1. The zero-order valence-corrected chi connectivity index (χ0v) is 15.0. The van der Waals surface area contributed by atoms with E-state index >= 15 is 0 Å². The molecule has 0 aromatic heterocycles. The van der Waals surface area contributed by atoms with Crippen LogP contribution in [0.15, 0.2) is 35.5 Å². The first-order valence-corrected chi connectivity index (χ1v) is 12.1. The minimum atomic E-state index is -1.12. The summed E-state index contributed by atoms with van der Waals surface area (Å²) in [5.74, 6) is 0. The van der Waals surface area contributed by atoms with Crippen molar-refractivity contribution in [3.63, 3.8) is 0 Å². The van der Waals surface area contributed by atoms with E-state index in [0.717, 1.165) is 12.1 Å². The monoisotopic (exact) mass is 307 g/mol. The second kappa shape index (κ2) is 5.94. The van der Waals surface area contributed by atoms with Crippen LogP contribution in [0, 0.1) is 0 Å². The maximum atomic E-state index is 5.83. The summed E-state index contributed by atoms with van der Waals surface area (Å²) in [5.41, 5.74) is 2.26. The van der Waals surface area contributed by atoms with Gasteiger partial charge in [0.2, 0.25) is 0 Å². The zero-order valence-electron chi connectivity index (χ0n) is 13.1. The Morgan fingerprint density at radius 2 is 1.95 bits per heavy atom. The molecule has 1 aromatic carbocycles. The number of nitrogens with zero attached hydrogens (tertiary/aromatic N) is 1. The highest BCUT2D eigenvalue weighted by molar-refractivity contribution is 8.00. The van der Waals surface area contributed by atoms with Gasteiger partial charge in [-0.15, -0.1) is 0 Å². The highest BCUT2D eigenvalue weighted by Crippen LogP contribution is 2.38. The summed E-state index contributed by atoms with van der Waals surface area (Å²) < 4.78 is 0.0456. The number of hydrogen-bond donors (Lipinski definition) is 0. The molecule has 0 aliphatic carbocycles. The van der Waals surface area contributed by atoms with Gasteiger partial charge in [-0.2, -0.15) is 11.8 Å². The van der Waals surface area contributed by atoms with Gasteiger partial charge in [-0.25, -0.2) is 0 Å². The fraction of sp³-hybridized carbons (Fsp3) is 0.562. The fourth-order valence-electron chi connectivity index (χ4n) is 2.72. The molecule has 0 spiro atoms. The van der Waals surface area contributed by atoms with Crippen LogP contribution in [0.1, 0.15) is 18.9 Å². The molecular weight excluding hydrogens is 282 g/mol. The van der Waals surface area contributed by atoms with E-state index in [4.69, 9.17) is 4.84 Å². The van der Waals surface area contributed by atoms with E-state index in [0.29, 0.717) is 0 Å². The van der Waals surface area contributed by atoms with E-state index in [9.17, 15) is 0 Å². The van der Waals surface area contributed by atoms with E-state index in [2.05, 4.69) is 62.2 Å². The second-order valence-corrected chi connectivity index (χ2v) is 13.8. The van der Waals surface area contributed by atoms with Gasteiger partial charge in [-0.05, 0) is 19.2 Å². The van der Waals surface area contributed by atoms with Crippen molar-refractivity contribution in [2.24, 2.45) is 5.16 Å². The summed E-state index contributed by atoms with van der Waals surface area (Å²) in [6.07, 6.45) is 3.49. The molecule has 2 rings (SSSR count). The Kier molecular flexibility index (Phi) is 4.64. The lowest BCUT2D eigenvalue weighted by Crippen LogP contribution is -2.43. The van der Waals surface area contributed by atoms with E-state index < -0.39 is 8.07 Å². The molecule has 0 N–H and O–H groups in total. The summed E-state index contributed by atoms with van der Waals surface area (Å²) in [7, 11) is -1.12. The molecular formula is C16H25NOSSi. The molecule has 0 radical (unpaired) electrons. The molecule has 0 saturated carbocycles. The summed E-state index contributed by atoms with van der Waals surface area (Å²) in [6, 6.07) is 11.6. The smallest absolute Gasteiger partial charge is 0.126 e. The topological polar surface area (TPSA) is 21.6 Å². The summed E-state index contributed by atoms with van der Waals surface area (Å²) >= 11 is 1.89. The van der Waals surface area contributed by atoms with Crippen molar-refractivity contribution in [3.8, 4) is 0 Å². The normalized spacial score (nSPS) is 26.9. The molecule has 1 aromatic rings. The van der Waals surface area contributed by atoms with Gasteiger partial charge in [0.1, 0.15) is 11.8 Å². The van der Waals surface area contributed by atoms with Gasteiger partial charge < -0.3 is 4.84 Å². The molecule has 0 bridgehead atoms. The van der Waals surface area contributed by atoms with Crippen LogP contribution in [-0.2, 0) is 4.84 Å². The summed E-state index contributed by atoms with van der Waals surface area (Å²) in [6.45, 7) is 9.47. The van der Waals surface area contributed by atoms with E-state index in [1.165, 1.54) is 11.6 Å². The Balaban J connectivity index is 2.25. The predicted octanol–water partition coefficient (Wildman–Crippen LogP) is 4.64. The Hall–Kier alpha value is -0.743. The number of thioether (sulfide) groups is 1. The number of rotatable bonds is 4. The lowest BCUT2D eigenvalue weighted by atomic mass is 9.91. The minimum Gasteiger partial charge on any atom is -0.392 e. The third-order valence-electron chi connectivity index (χ3n) is 3.75. The van der Waals surface area contributed by atoms with Crippen LogP contribution in [0.25, 0.3) is 0 Å². The van der Waals surface area contributed by atoms with Gasteiger partial charge in [0, 0.05) is 20.1 Å². The van der Waals surface area contributed by atoms with Crippen LogP contribution in [-0.4, -0.2) is 30.9 Å². The molecule has 1 aliphatic heterocycles. The van der Waals surface area contributed by atoms with Crippen molar-refractivity contribution in [3.05, 3.63) is 35.9 Å². The van der Waals surface area contributed by atoms with Crippen molar-refractivity contribution >= 4 is 25.5 Å². The average molecular weight is 308 g/mol. The first-order chi connectivity index (χ1) is 9.34. The SMILES string of the molecule is CS[C@@]1(C)C[C@H](C[Si](C)(C)C)ON=C1c1ccccc1. The van der Waals surface area contributed by atoms with Crippen LogP contribution in [0.4, 0.5) is 0 Å². The van der Waals surface area contributed by atoms with Crippen LogP contribution in [0.5, 0.6) is 0 Å². The lowest BCUT2D eigenvalue weighted by molar-refractivity contribution is 0.0503. The molecule has 4 heteroatoms. The van der Waals surface area contributed by atoms with E-state index in [1.54, 1.807) is 0 Å². The van der Waals surface area contributed by atoms with E-state index in [1.807, 2.05) is 17.8 Å². The molecule has 0 unspecified atom stereocenters. The van der Waals surface area contributed by atoms with Gasteiger partial charge in [0.05, 0.1) is 4.75 Å². The molecule has 110 valence electrons. The summed E-state index contributed by atoms with van der Waals surface area (Å²) in [5, 5.41) is 4.51. The van der Waals surface area contributed by atoms with Gasteiger partial charge in [-0.3, -0.25) is 0 Å². The average Bonchev–Trinajstić information content (AvgIpc) is 2.38. The first kappa shape index (κ1) is 15.6. The molecule has 1 aliphatic rings. The third kappa shape index (κ3) is 3.67. The molecule has 1 heterocycles. The highest BCUT2D eigenvalue weighted by atomic mass is 32.2. The molecule has 2 nitrogen and oxygen atoms in total. The molecule has 0 fully saturated rings. The van der Waals surface area contributed by atoms with E-state index in [-0.39, 0.29) is 10.9 Å². The first-order valence-electron chi connectivity index (χ1n) is 7.19. The maximum absolute atomic E-state index is 5.83. The molecule has 0 amide bonds. The van der Waals surface area contributed by atoms with Crippen LogP contribution in [0.2, 0.25) is 25.7 Å². The van der Waals surface area contributed by atoms with Crippen LogP contribution >= 0.6 is 11.8 Å². The fourth-order valence-corrected chi connectivity index (χ4v) is 5.00. The Labute approximate surface area is 128 Å². The molecule has 0 saturated heterocycles. The Morgan fingerprint density at radius 1 is 1.30 bits per heavy atom. The Bertz CT molecular complexity index is 483. The largest absolute Gasteiger partial charge is 0.392 e. The number of hydrogen-bond acceptors (Lipinski definition) is 3. The van der Waals surface area contributed by atoms with Gasteiger partial charge >= 0.3 is 0 Å². The predicted molar refractivity (Wildman–Crippen MR) is 92.5 cm³/mol. The van der Waals surface area contributed by atoms with Crippen molar-refractivity contribution in [2.75, 3.05) is 6.26 Å². The number of benzene rings is 1. The van der Waals surface area contributed by atoms with Crippen molar-refractivity contribution in [1.82, 2.24) is 0 Å². The van der Waals surface area contributed by atoms with Gasteiger partial charge in [-0.1, -0.05) is 55.1 Å². The number of oxime groups is 1. The Morgan fingerprint density at radius 3 is 2.50 bits per heavy atom. The van der Waals surface area contributed by atoms with Gasteiger partial charge in [0.25, 0.3) is 0 Å². The molecule has 20 heavy (non-hydrogen) atoms. The summed E-state index contributed by atoms with van der Waals surface area (Å²) in [4.78, 5) is 5.83. The van der Waals surface area contributed by atoms with Crippen molar-refractivity contribution in [2.45, 2.75) is 49.9 Å². The van der Waals surface area contributed by atoms with Crippen LogP contribution < -0.4 is 0 Å². The van der Waals surface area contributed by atoms with Crippen molar-refractivity contribution < 1.29 is 4.84 Å².